The first kappa shape index (κ1) is 14.3. The molecule has 0 amide bonds. The summed E-state index contributed by atoms with van der Waals surface area (Å²) >= 11 is 0. The lowest BCUT2D eigenvalue weighted by Gasteiger charge is -2.26. The molecule has 2 heterocycles. The second-order valence-corrected chi connectivity index (χ2v) is 5.26. The van der Waals surface area contributed by atoms with Crippen molar-refractivity contribution in [2.75, 3.05) is 18.6 Å². The van der Waals surface area contributed by atoms with Crippen molar-refractivity contribution < 1.29 is 9.66 Å². The fourth-order valence-corrected chi connectivity index (χ4v) is 2.89. The monoisotopic (exact) mass is 299 g/mol. The summed E-state index contributed by atoms with van der Waals surface area (Å²) in [5.74, 6) is 1.61. The quantitative estimate of drug-likeness (QED) is 0.639. The molecule has 0 saturated carbocycles. The van der Waals surface area contributed by atoms with Crippen molar-refractivity contribution in [3.8, 4) is 5.75 Å². The SMILES string of the molecule is COc1cccc(C2CCCN2c2ccc([N+](=O)[O-])cn2)c1. The van der Waals surface area contributed by atoms with Gasteiger partial charge in [-0.3, -0.25) is 10.1 Å². The Kier molecular flexibility index (Phi) is 3.91. The van der Waals surface area contributed by atoms with Crippen molar-refractivity contribution in [2.24, 2.45) is 0 Å². The lowest BCUT2D eigenvalue weighted by Crippen LogP contribution is -2.23. The van der Waals surface area contributed by atoms with E-state index in [9.17, 15) is 10.1 Å². The smallest absolute Gasteiger partial charge is 0.287 e. The van der Waals surface area contributed by atoms with Crippen LogP contribution in [0.3, 0.4) is 0 Å². The zero-order chi connectivity index (χ0) is 15.5. The number of benzene rings is 1. The lowest BCUT2D eigenvalue weighted by atomic mass is 10.0. The van der Waals surface area contributed by atoms with E-state index < -0.39 is 4.92 Å². The highest BCUT2D eigenvalue weighted by Gasteiger charge is 2.27. The molecule has 0 radical (unpaired) electrons. The third-order valence-electron chi connectivity index (χ3n) is 3.97. The Balaban J connectivity index is 1.87. The van der Waals surface area contributed by atoms with Crippen LogP contribution in [0.2, 0.25) is 0 Å². The molecular formula is C16H17N3O3. The zero-order valence-electron chi connectivity index (χ0n) is 12.3. The molecule has 0 spiro atoms. The van der Waals surface area contributed by atoms with E-state index in [0.717, 1.165) is 31.0 Å². The normalized spacial score (nSPS) is 17.5. The van der Waals surface area contributed by atoms with Crippen LogP contribution in [0.1, 0.15) is 24.4 Å². The molecule has 1 saturated heterocycles. The van der Waals surface area contributed by atoms with Crippen LogP contribution in [-0.4, -0.2) is 23.6 Å². The third-order valence-corrected chi connectivity index (χ3v) is 3.97. The second-order valence-electron chi connectivity index (χ2n) is 5.26. The van der Waals surface area contributed by atoms with Gasteiger partial charge in [0.25, 0.3) is 5.69 Å². The number of methoxy groups -OCH3 is 1. The number of nitrogens with zero attached hydrogens (tertiary/aromatic N) is 3. The van der Waals surface area contributed by atoms with Gasteiger partial charge in [0.15, 0.2) is 0 Å². The number of aromatic nitrogens is 1. The molecule has 1 fully saturated rings. The molecule has 1 aromatic heterocycles. The number of pyridine rings is 1. The first-order valence-corrected chi connectivity index (χ1v) is 7.20. The molecule has 0 N–H and O–H groups in total. The van der Waals surface area contributed by atoms with Crippen LogP contribution < -0.4 is 9.64 Å². The van der Waals surface area contributed by atoms with Crippen LogP contribution in [0, 0.1) is 10.1 Å². The van der Waals surface area contributed by atoms with E-state index >= 15 is 0 Å². The van der Waals surface area contributed by atoms with Crippen LogP contribution >= 0.6 is 0 Å². The number of rotatable bonds is 4. The van der Waals surface area contributed by atoms with Crippen molar-refractivity contribution in [3.05, 3.63) is 58.3 Å². The van der Waals surface area contributed by atoms with Gasteiger partial charge in [0.1, 0.15) is 17.8 Å². The van der Waals surface area contributed by atoms with Crippen LogP contribution in [0.25, 0.3) is 0 Å². The average Bonchev–Trinajstić information content (AvgIpc) is 3.04. The minimum Gasteiger partial charge on any atom is -0.497 e. The van der Waals surface area contributed by atoms with Gasteiger partial charge in [0, 0.05) is 12.6 Å². The molecule has 1 unspecified atom stereocenters. The highest BCUT2D eigenvalue weighted by Crippen LogP contribution is 2.36. The summed E-state index contributed by atoms with van der Waals surface area (Å²) in [5, 5.41) is 10.7. The minimum absolute atomic E-state index is 0.0147. The van der Waals surface area contributed by atoms with Gasteiger partial charge >= 0.3 is 0 Å². The maximum Gasteiger partial charge on any atom is 0.287 e. The summed E-state index contributed by atoms with van der Waals surface area (Å²) in [6, 6.07) is 11.5. The molecule has 3 rings (SSSR count). The molecule has 1 aliphatic heterocycles. The Bertz CT molecular complexity index is 673. The summed E-state index contributed by atoms with van der Waals surface area (Å²) < 4.78 is 5.29. The topological polar surface area (TPSA) is 68.5 Å². The maximum atomic E-state index is 10.7. The number of nitro groups is 1. The number of ether oxygens (including phenoxy) is 1. The van der Waals surface area contributed by atoms with Crippen LogP contribution in [-0.2, 0) is 0 Å². The molecule has 114 valence electrons. The second kappa shape index (κ2) is 6.01. The van der Waals surface area contributed by atoms with Gasteiger partial charge in [0.05, 0.1) is 18.1 Å². The van der Waals surface area contributed by atoms with E-state index in [1.165, 1.54) is 17.8 Å². The standard InChI is InChI=1S/C16H17N3O3/c1-22-14-5-2-4-12(10-14)15-6-3-9-18(15)16-8-7-13(11-17-16)19(20)21/h2,4-5,7-8,10-11,15H,3,6,9H2,1H3. The molecular weight excluding hydrogens is 282 g/mol. The van der Waals surface area contributed by atoms with Gasteiger partial charge in [-0.1, -0.05) is 12.1 Å². The third kappa shape index (κ3) is 2.72. The summed E-state index contributed by atoms with van der Waals surface area (Å²) in [5.41, 5.74) is 1.19. The largest absolute Gasteiger partial charge is 0.497 e. The van der Waals surface area contributed by atoms with Crippen molar-refractivity contribution in [2.45, 2.75) is 18.9 Å². The van der Waals surface area contributed by atoms with E-state index in [-0.39, 0.29) is 11.7 Å². The molecule has 6 heteroatoms. The van der Waals surface area contributed by atoms with Gasteiger partial charge in [0.2, 0.25) is 0 Å². The molecule has 22 heavy (non-hydrogen) atoms. The van der Waals surface area contributed by atoms with Crippen molar-refractivity contribution in [3.63, 3.8) is 0 Å². The van der Waals surface area contributed by atoms with E-state index in [2.05, 4.69) is 16.0 Å². The summed E-state index contributed by atoms with van der Waals surface area (Å²) in [6.07, 6.45) is 3.42. The van der Waals surface area contributed by atoms with Crippen LogP contribution in [0.4, 0.5) is 11.5 Å². The number of hydrogen-bond donors (Lipinski definition) is 0. The fraction of sp³-hybridized carbons (Fsp3) is 0.312. The predicted octanol–water partition coefficient (Wildman–Crippen LogP) is 3.34. The van der Waals surface area contributed by atoms with Gasteiger partial charge in [-0.25, -0.2) is 4.98 Å². The summed E-state index contributed by atoms with van der Waals surface area (Å²) in [7, 11) is 1.66. The lowest BCUT2D eigenvalue weighted by molar-refractivity contribution is -0.385. The molecule has 2 aromatic rings. The van der Waals surface area contributed by atoms with Crippen LogP contribution in [0.15, 0.2) is 42.6 Å². The molecule has 6 nitrogen and oxygen atoms in total. The first-order valence-electron chi connectivity index (χ1n) is 7.20. The van der Waals surface area contributed by atoms with E-state index in [4.69, 9.17) is 4.74 Å². The van der Waals surface area contributed by atoms with Gasteiger partial charge < -0.3 is 9.64 Å². The fourth-order valence-electron chi connectivity index (χ4n) is 2.89. The van der Waals surface area contributed by atoms with Crippen molar-refractivity contribution in [1.29, 1.82) is 0 Å². The number of anilines is 1. The van der Waals surface area contributed by atoms with E-state index in [0.29, 0.717) is 0 Å². The molecule has 1 aliphatic rings. The highest BCUT2D eigenvalue weighted by atomic mass is 16.6. The highest BCUT2D eigenvalue weighted by molar-refractivity contribution is 5.47. The Morgan fingerprint density at radius 2 is 2.23 bits per heavy atom. The van der Waals surface area contributed by atoms with Gasteiger partial charge in [-0.05, 0) is 36.6 Å². The summed E-state index contributed by atoms with van der Waals surface area (Å²) in [6.45, 7) is 0.896. The van der Waals surface area contributed by atoms with Gasteiger partial charge in [-0.15, -0.1) is 0 Å². The molecule has 0 aliphatic carbocycles. The minimum atomic E-state index is -0.430. The molecule has 0 bridgehead atoms. The van der Waals surface area contributed by atoms with E-state index in [1.807, 2.05) is 18.2 Å². The average molecular weight is 299 g/mol. The molecule has 1 aromatic carbocycles. The Hall–Kier alpha value is -2.63. The van der Waals surface area contributed by atoms with Crippen LogP contribution in [0.5, 0.6) is 5.75 Å². The predicted molar refractivity (Wildman–Crippen MR) is 83.2 cm³/mol. The Morgan fingerprint density at radius 3 is 2.91 bits per heavy atom. The van der Waals surface area contributed by atoms with Crippen molar-refractivity contribution >= 4 is 11.5 Å². The summed E-state index contributed by atoms with van der Waals surface area (Å²) in [4.78, 5) is 16.7. The Morgan fingerprint density at radius 1 is 1.36 bits per heavy atom. The molecule has 1 atom stereocenters. The zero-order valence-corrected chi connectivity index (χ0v) is 12.3. The van der Waals surface area contributed by atoms with Crippen molar-refractivity contribution in [1.82, 2.24) is 4.98 Å². The van der Waals surface area contributed by atoms with E-state index in [1.54, 1.807) is 13.2 Å². The first-order chi connectivity index (χ1) is 10.7. The van der Waals surface area contributed by atoms with Gasteiger partial charge in [-0.2, -0.15) is 0 Å². The number of hydrogen-bond acceptors (Lipinski definition) is 5. The maximum absolute atomic E-state index is 10.7. The Labute approximate surface area is 128 Å².